The normalized spacial score (nSPS) is 35.4. The third kappa shape index (κ3) is 2.12. The van der Waals surface area contributed by atoms with Gasteiger partial charge < -0.3 is 15.8 Å². The van der Waals surface area contributed by atoms with E-state index in [1.54, 1.807) is 24.3 Å². The number of nitrogens with two attached hydrogens (primary N) is 1. The number of nitrogens with one attached hydrogen (secondary N) is 3. The minimum Gasteiger partial charge on any atom is -0.497 e. The van der Waals surface area contributed by atoms with Crippen LogP contribution in [0.5, 0.6) is 5.75 Å². The van der Waals surface area contributed by atoms with Crippen molar-refractivity contribution in [3.05, 3.63) is 29.8 Å². The molecule has 10 nitrogen and oxygen atoms in total. The molecule has 0 aromatic heterocycles. The van der Waals surface area contributed by atoms with Gasteiger partial charge in [-0.25, -0.2) is 15.2 Å². The first kappa shape index (κ1) is 20.5. The topological polar surface area (TPSA) is 168 Å². The van der Waals surface area contributed by atoms with E-state index in [4.69, 9.17) is 15.9 Å². The SMILES string of the molecule is COc1ccc([C@@H]2C[C@@]34NC(=O)[C@@](C#N)([C@H]3C(C)C)[C@@]2(C#N)C(=N)N4NC(N)=O)cc1. The monoisotopic (exact) mass is 421 g/mol. The van der Waals surface area contributed by atoms with Crippen molar-refractivity contribution in [3.8, 4) is 17.9 Å². The Morgan fingerprint density at radius 3 is 2.42 bits per heavy atom. The van der Waals surface area contributed by atoms with Crippen LogP contribution in [0.25, 0.3) is 0 Å². The summed E-state index contributed by atoms with van der Waals surface area (Å²) >= 11 is 0. The molecule has 3 heterocycles. The number of hydrogen-bond acceptors (Lipinski definition) is 6. The maximum Gasteiger partial charge on any atom is 0.331 e. The quantitative estimate of drug-likeness (QED) is 0.569. The second-order valence-electron chi connectivity index (χ2n) is 8.63. The molecule has 1 saturated carbocycles. The summed E-state index contributed by atoms with van der Waals surface area (Å²) < 4.78 is 5.22. The summed E-state index contributed by atoms with van der Waals surface area (Å²) in [6.07, 6.45) is 0.216. The molecule has 4 aliphatic rings. The predicted octanol–water partition coefficient (Wildman–Crippen LogP) is 1.18. The van der Waals surface area contributed by atoms with Gasteiger partial charge in [0.2, 0.25) is 5.91 Å². The van der Waals surface area contributed by atoms with Gasteiger partial charge in [-0.05, 0) is 23.6 Å². The number of amidine groups is 1. The molecule has 3 amide bonds. The fraction of sp³-hybridized carbons (Fsp3) is 0.476. The maximum atomic E-state index is 13.4. The number of amides is 3. The number of benzene rings is 1. The van der Waals surface area contributed by atoms with Gasteiger partial charge in [0.1, 0.15) is 17.2 Å². The number of carbonyl (C=O) groups excluding carboxylic acids is 2. The molecule has 3 aliphatic heterocycles. The zero-order chi connectivity index (χ0) is 22.8. The van der Waals surface area contributed by atoms with Gasteiger partial charge in [-0.1, -0.05) is 26.0 Å². The van der Waals surface area contributed by atoms with Crippen LogP contribution < -0.4 is 21.2 Å². The first-order valence-corrected chi connectivity index (χ1v) is 9.90. The fourth-order valence-electron chi connectivity index (χ4n) is 6.18. The predicted molar refractivity (Wildman–Crippen MR) is 108 cm³/mol. The number of carbonyl (C=O) groups is 2. The lowest BCUT2D eigenvalue weighted by Gasteiger charge is -2.64. The van der Waals surface area contributed by atoms with Crippen LogP contribution in [0.2, 0.25) is 0 Å². The van der Waals surface area contributed by atoms with Crippen molar-refractivity contribution < 1.29 is 14.3 Å². The number of primary amides is 1. The minimum atomic E-state index is -1.84. The molecule has 1 aliphatic carbocycles. The van der Waals surface area contributed by atoms with Gasteiger partial charge in [0.15, 0.2) is 10.8 Å². The van der Waals surface area contributed by atoms with E-state index >= 15 is 0 Å². The lowest BCUT2D eigenvalue weighted by atomic mass is 9.42. The Balaban J connectivity index is 2.03. The molecule has 31 heavy (non-hydrogen) atoms. The lowest BCUT2D eigenvalue weighted by molar-refractivity contribution is -0.135. The maximum absolute atomic E-state index is 13.4. The summed E-state index contributed by atoms with van der Waals surface area (Å²) in [5, 5.41) is 34.0. The van der Waals surface area contributed by atoms with Gasteiger partial charge >= 0.3 is 6.03 Å². The highest BCUT2D eigenvalue weighted by molar-refractivity contribution is 6.06. The average molecular weight is 421 g/mol. The standard InChI is InChI=1S/C21H23N7O3/c1-11(2)15-20(10-23)17(29)26-21(15)8-14(12-4-6-13(31-3)7-5-12)19(20,9-22)16(24)28(21)27-18(25)30/h4-7,11,14-15,24H,8H2,1-3H3,(H,26,29)(H3,25,27,30)/t14-,15+,19+,20+,21-/m0/s1. The van der Waals surface area contributed by atoms with E-state index in [-0.39, 0.29) is 18.2 Å². The molecular weight excluding hydrogens is 398 g/mol. The third-order valence-electron chi connectivity index (χ3n) is 7.08. The average Bonchev–Trinajstić information content (AvgIpc) is 2.92. The van der Waals surface area contributed by atoms with Gasteiger partial charge in [0, 0.05) is 18.3 Å². The molecule has 3 bridgehead atoms. The van der Waals surface area contributed by atoms with E-state index in [1.807, 2.05) is 13.8 Å². The van der Waals surface area contributed by atoms with Crippen molar-refractivity contribution in [2.75, 3.05) is 7.11 Å². The zero-order valence-electron chi connectivity index (χ0n) is 17.4. The molecule has 1 spiro atoms. The van der Waals surface area contributed by atoms with Crippen LogP contribution in [0.4, 0.5) is 4.79 Å². The van der Waals surface area contributed by atoms with Crippen molar-refractivity contribution in [2.24, 2.45) is 28.4 Å². The summed E-state index contributed by atoms with van der Waals surface area (Å²) in [4.78, 5) is 25.2. The van der Waals surface area contributed by atoms with Crippen LogP contribution in [0.1, 0.15) is 31.7 Å². The Hall–Kier alpha value is -3.79. The van der Waals surface area contributed by atoms with Crippen molar-refractivity contribution in [1.29, 1.82) is 15.9 Å². The number of rotatable bonds is 4. The summed E-state index contributed by atoms with van der Waals surface area (Å²) in [6.45, 7) is 3.72. The largest absolute Gasteiger partial charge is 0.497 e. The summed E-state index contributed by atoms with van der Waals surface area (Å²) in [5.41, 5.74) is 3.59. The van der Waals surface area contributed by atoms with Crippen molar-refractivity contribution in [3.63, 3.8) is 0 Å². The van der Waals surface area contributed by atoms with Gasteiger partial charge in [-0.3, -0.25) is 10.2 Å². The Bertz CT molecular complexity index is 1070. The summed E-state index contributed by atoms with van der Waals surface area (Å²) in [6, 6.07) is 10.5. The number of methoxy groups -OCH3 is 1. The molecule has 3 saturated heterocycles. The highest BCUT2D eigenvalue weighted by Gasteiger charge is 2.86. The molecule has 5 atom stereocenters. The number of nitrogens with zero attached hydrogens (tertiary/aromatic N) is 3. The molecule has 10 heteroatoms. The van der Waals surface area contributed by atoms with Crippen LogP contribution in [0.3, 0.4) is 0 Å². The second-order valence-corrected chi connectivity index (χ2v) is 8.63. The molecule has 4 fully saturated rings. The molecule has 0 unspecified atom stereocenters. The number of urea groups is 1. The van der Waals surface area contributed by atoms with E-state index in [9.17, 15) is 20.1 Å². The number of nitriles is 2. The smallest absolute Gasteiger partial charge is 0.331 e. The molecule has 0 radical (unpaired) electrons. The Morgan fingerprint density at radius 2 is 1.94 bits per heavy atom. The van der Waals surface area contributed by atoms with E-state index < -0.39 is 40.3 Å². The van der Waals surface area contributed by atoms with Gasteiger partial charge in [0.25, 0.3) is 0 Å². The summed E-state index contributed by atoms with van der Waals surface area (Å²) in [5.74, 6) is -1.83. The zero-order valence-corrected chi connectivity index (χ0v) is 17.4. The van der Waals surface area contributed by atoms with Crippen LogP contribution in [0.15, 0.2) is 24.3 Å². The second kappa shape index (κ2) is 6.35. The Labute approximate surface area is 179 Å². The van der Waals surface area contributed by atoms with Crippen LogP contribution >= 0.6 is 0 Å². The van der Waals surface area contributed by atoms with Gasteiger partial charge in [-0.2, -0.15) is 10.5 Å². The van der Waals surface area contributed by atoms with E-state index in [0.29, 0.717) is 11.3 Å². The lowest BCUT2D eigenvalue weighted by Crippen LogP contribution is -2.80. The van der Waals surface area contributed by atoms with Crippen molar-refractivity contribution in [1.82, 2.24) is 15.8 Å². The first-order chi connectivity index (χ1) is 14.7. The summed E-state index contributed by atoms with van der Waals surface area (Å²) in [7, 11) is 1.54. The Kier molecular flexibility index (Phi) is 4.20. The number of piperidine rings is 2. The van der Waals surface area contributed by atoms with Crippen LogP contribution in [-0.4, -0.2) is 35.6 Å². The van der Waals surface area contributed by atoms with Crippen molar-refractivity contribution in [2.45, 2.75) is 31.8 Å². The minimum absolute atomic E-state index is 0.214. The number of fused-ring (bicyclic) bond motifs is 2. The first-order valence-electron chi connectivity index (χ1n) is 9.90. The van der Waals surface area contributed by atoms with Crippen LogP contribution in [0, 0.1) is 50.7 Å². The molecule has 160 valence electrons. The fourth-order valence-corrected chi connectivity index (χ4v) is 6.18. The highest BCUT2D eigenvalue weighted by Crippen LogP contribution is 2.72. The molecule has 5 rings (SSSR count). The highest BCUT2D eigenvalue weighted by atomic mass is 16.5. The number of ether oxygens (including phenoxy) is 1. The molecular formula is C21H23N7O3. The van der Waals surface area contributed by atoms with Gasteiger partial charge in [-0.15, -0.1) is 0 Å². The number of hydrogen-bond donors (Lipinski definition) is 4. The third-order valence-corrected chi connectivity index (χ3v) is 7.08. The van der Waals surface area contributed by atoms with Gasteiger partial charge in [0.05, 0.1) is 19.2 Å². The number of hydrazine groups is 1. The van der Waals surface area contributed by atoms with E-state index in [2.05, 4.69) is 22.9 Å². The Morgan fingerprint density at radius 1 is 1.32 bits per heavy atom. The molecule has 1 aromatic rings. The van der Waals surface area contributed by atoms with E-state index in [1.165, 1.54) is 12.1 Å². The van der Waals surface area contributed by atoms with Crippen molar-refractivity contribution >= 4 is 17.8 Å². The van der Waals surface area contributed by atoms with Crippen LogP contribution in [-0.2, 0) is 4.79 Å². The molecule has 5 N–H and O–H groups in total. The molecule has 1 aromatic carbocycles. The van der Waals surface area contributed by atoms with E-state index in [0.717, 1.165) is 0 Å².